The normalized spacial score (nSPS) is 10.3. The van der Waals surface area contributed by atoms with Crippen LogP contribution in [0.3, 0.4) is 0 Å². The molecule has 0 aliphatic heterocycles. The fourth-order valence-electron chi connectivity index (χ4n) is 1.77. The number of nitrogen functional groups attached to an aromatic ring is 1. The lowest BCUT2D eigenvalue weighted by Gasteiger charge is -2.10. The van der Waals surface area contributed by atoms with E-state index in [1.54, 1.807) is 32.0 Å². The average Bonchev–Trinajstić information content (AvgIpc) is 2.46. The average molecular weight is 310 g/mol. The van der Waals surface area contributed by atoms with E-state index in [1.165, 1.54) is 0 Å². The highest BCUT2D eigenvalue weighted by molar-refractivity contribution is 7.98. The van der Waals surface area contributed by atoms with E-state index in [9.17, 15) is 0 Å². The Labute approximate surface area is 128 Å². The number of ether oxygens (including phenoxy) is 2. The minimum Gasteiger partial charge on any atom is -0.493 e. The summed E-state index contributed by atoms with van der Waals surface area (Å²) < 4.78 is 10.5. The summed E-state index contributed by atoms with van der Waals surface area (Å²) >= 11 is 7.81. The van der Waals surface area contributed by atoms with Crippen molar-refractivity contribution in [3.05, 3.63) is 47.0 Å². The summed E-state index contributed by atoms with van der Waals surface area (Å²) in [6.07, 6.45) is 0. The van der Waals surface area contributed by atoms with Gasteiger partial charge in [-0.3, -0.25) is 0 Å². The molecule has 0 unspecified atom stereocenters. The number of halogens is 1. The molecule has 0 saturated carbocycles. The lowest BCUT2D eigenvalue weighted by atomic mass is 10.2. The third-order valence-corrected chi connectivity index (χ3v) is 4.37. The van der Waals surface area contributed by atoms with Crippen molar-refractivity contribution in [1.82, 2.24) is 0 Å². The van der Waals surface area contributed by atoms with E-state index in [1.807, 2.05) is 30.3 Å². The van der Waals surface area contributed by atoms with E-state index < -0.39 is 0 Å². The zero-order valence-corrected chi connectivity index (χ0v) is 12.9. The van der Waals surface area contributed by atoms with Crippen LogP contribution in [0.2, 0.25) is 5.02 Å². The van der Waals surface area contributed by atoms with Crippen molar-refractivity contribution in [3.63, 3.8) is 0 Å². The highest BCUT2D eigenvalue weighted by atomic mass is 35.5. The highest BCUT2D eigenvalue weighted by Crippen LogP contribution is 2.33. The van der Waals surface area contributed by atoms with Crippen molar-refractivity contribution < 1.29 is 9.47 Å². The first-order chi connectivity index (χ1) is 9.63. The predicted molar refractivity (Wildman–Crippen MR) is 85.0 cm³/mol. The molecule has 2 aromatic rings. The van der Waals surface area contributed by atoms with E-state index in [4.69, 9.17) is 26.8 Å². The predicted octanol–water partition coefficient (Wildman–Crippen LogP) is 4.23. The van der Waals surface area contributed by atoms with Crippen LogP contribution in [-0.4, -0.2) is 14.2 Å². The lowest BCUT2D eigenvalue weighted by molar-refractivity contribution is 0.354. The van der Waals surface area contributed by atoms with Crippen LogP contribution in [0.5, 0.6) is 11.5 Å². The molecule has 0 amide bonds. The molecule has 20 heavy (non-hydrogen) atoms. The van der Waals surface area contributed by atoms with Crippen LogP contribution in [-0.2, 0) is 5.75 Å². The van der Waals surface area contributed by atoms with E-state index >= 15 is 0 Å². The molecule has 106 valence electrons. The van der Waals surface area contributed by atoms with Crippen LogP contribution in [0.1, 0.15) is 5.56 Å². The minimum absolute atomic E-state index is 0.672. The van der Waals surface area contributed by atoms with Crippen LogP contribution < -0.4 is 15.2 Å². The van der Waals surface area contributed by atoms with Gasteiger partial charge in [-0.1, -0.05) is 17.7 Å². The van der Waals surface area contributed by atoms with Gasteiger partial charge in [0.15, 0.2) is 11.5 Å². The molecule has 5 heteroatoms. The van der Waals surface area contributed by atoms with Gasteiger partial charge in [0.1, 0.15) is 0 Å². The number of methoxy groups -OCH3 is 2. The number of hydrogen-bond donors (Lipinski definition) is 1. The maximum atomic E-state index is 6.16. The number of benzene rings is 2. The fraction of sp³-hybridized carbons (Fsp3) is 0.200. The molecule has 0 saturated heterocycles. The first-order valence-corrected chi connectivity index (χ1v) is 7.39. The van der Waals surface area contributed by atoms with Gasteiger partial charge in [-0.25, -0.2) is 0 Å². The summed E-state index contributed by atoms with van der Waals surface area (Å²) in [5.41, 5.74) is 7.49. The molecule has 0 fully saturated rings. The van der Waals surface area contributed by atoms with Crippen molar-refractivity contribution in [2.45, 2.75) is 10.6 Å². The number of hydrogen-bond acceptors (Lipinski definition) is 4. The maximum absolute atomic E-state index is 6.16. The Morgan fingerprint density at radius 1 is 1.05 bits per heavy atom. The zero-order valence-electron chi connectivity index (χ0n) is 11.4. The largest absolute Gasteiger partial charge is 0.493 e. The van der Waals surface area contributed by atoms with Gasteiger partial charge in [0.25, 0.3) is 0 Å². The van der Waals surface area contributed by atoms with Crippen LogP contribution in [0, 0.1) is 0 Å². The second-order valence-corrected chi connectivity index (χ2v) is 5.59. The highest BCUT2D eigenvalue weighted by Gasteiger charge is 2.06. The summed E-state index contributed by atoms with van der Waals surface area (Å²) in [4.78, 5) is 1.01. The lowest BCUT2D eigenvalue weighted by Crippen LogP contribution is -1.92. The molecular formula is C15H16ClNO2S. The molecule has 0 spiro atoms. The number of rotatable bonds is 5. The number of nitrogens with two attached hydrogens (primary N) is 1. The molecule has 0 bridgehead atoms. The monoisotopic (exact) mass is 309 g/mol. The standard InChI is InChI=1S/C15H16ClNO2S/c1-18-13-5-3-10(7-14(13)19-2)9-20-15-6-4-11(17)8-12(15)16/h3-8H,9,17H2,1-2H3. The Balaban J connectivity index is 2.10. The third kappa shape index (κ3) is 3.52. The van der Waals surface area contributed by atoms with Gasteiger partial charge < -0.3 is 15.2 Å². The van der Waals surface area contributed by atoms with Gasteiger partial charge in [0, 0.05) is 16.3 Å². The topological polar surface area (TPSA) is 44.5 Å². The summed E-state index contributed by atoms with van der Waals surface area (Å²) in [5.74, 6) is 2.25. The minimum atomic E-state index is 0.672. The zero-order chi connectivity index (χ0) is 14.5. The van der Waals surface area contributed by atoms with Crippen molar-refractivity contribution in [1.29, 1.82) is 0 Å². The molecule has 2 rings (SSSR count). The molecular weight excluding hydrogens is 294 g/mol. The van der Waals surface area contributed by atoms with Crippen molar-refractivity contribution in [2.24, 2.45) is 0 Å². The SMILES string of the molecule is COc1ccc(CSc2ccc(N)cc2Cl)cc1OC. The van der Waals surface area contributed by atoms with Gasteiger partial charge in [0.2, 0.25) is 0 Å². The first kappa shape index (κ1) is 14.9. The quantitative estimate of drug-likeness (QED) is 0.663. The van der Waals surface area contributed by atoms with Gasteiger partial charge in [-0.05, 0) is 35.9 Å². The summed E-state index contributed by atoms with van der Waals surface area (Å²) in [5, 5.41) is 0.676. The van der Waals surface area contributed by atoms with Gasteiger partial charge in [-0.2, -0.15) is 0 Å². The molecule has 0 aliphatic rings. The fourth-order valence-corrected chi connectivity index (χ4v) is 2.98. The second kappa shape index (κ2) is 6.77. The molecule has 0 aromatic heterocycles. The first-order valence-electron chi connectivity index (χ1n) is 6.02. The third-order valence-electron chi connectivity index (χ3n) is 2.80. The Kier molecular flexibility index (Phi) is 5.04. The Bertz CT molecular complexity index is 604. The number of anilines is 1. The van der Waals surface area contributed by atoms with Gasteiger partial charge >= 0.3 is 0 Å². The van der Waals surface area contributed by atoms with Crippen LogP contribution in [0.25, 0.3) is 0 Å². The van der Waals surface area contributed by atoms with Crippen LogP contribution in [0.15, 0.2) is 41.3 Å². The summed E-state index contributed by atoms with van der Waals surface area (Å²) in [7, 11) is 3.26. The second-order valence-electron chi connectivity index (χ2n) is 4.17. The molecule has 3 nitrogen and oxygen atoms in total. The van der Waals surface area contributed by atoms with Crippen LogP contribution >= 0.6 is 23.4 Å². The van der Waals surface area contributed by atoms with Crippen molar-refractivity contribution in [2.75, 3.05) is 20.0 Å². The summed E-state index contributed by atoms with van der Waals surface area (Å²) in [6.45, 7) is 0. The maximum Gasteiger partial charge on any atom is 0.161 e. The number of thioether (sulfide) groups is 1. The molecule has 0 atom stereocenters. The van der Waals surface area contributed by atoms with Crippen LogP contribution in [0.4, 0.5) is 5.69 Å². The summed E-state index contributed by atoms with van der Waals surface area (Å²) in [6, 6.07) is 11.4. The van der Waals surface area contributed by atoms with Crippen molar-refractivity contribution in [3.8, 4) is 11.5 Å². The molecule has 0 radical (unpaired) electrons. The van der Waals surface area contributed by atoms with E-state index in [0.717, 1.165) is 27.7 Å². The molecule has 2 N–H and O–H groups in total. The smallest absolute Gasteiger partial charge is 0.161 e. The molecule has 2 aromatic carbocycles. The Morgan fingerprint density at radius 2 is 1.80 bits per heavy atom. The Morgan fingerprint density at radius 3 is 2.45 bits per heavy atom. The van der Waals surface area contributed by atoms with Gasteiger partial charge in [0.05, 0.1) is 19.2 Å². The van der Waals surface area contributed by atoms with Crippen molar-refractivity contribution >= 4 is 29.1 Å². The van der Waals surface area contributed by atoms with Gasteiger partial charge in [-0.15, -0.1) is 11.8 Å². The Hall–Kier alpha value is -1.52. The molecule has 0 aliphatic carbocycles. The molecule has 0 heterocycles. The van der Waals surface area contributed by atoms with E-state index in [-0.39, 0.29) is 0 Å². The van der Waals surface area contributed by atoms with E-state index in [0.29, 0.717) is 10.7 Å². The van der Waals surface area contributed by atoms with E-state index in [2.05, 4.69) is 0 Å².